The summed E-state index contributed by atoms with van der Waals surface area (Å²) in [5.74, 6) is 1.68. The van der Waals surface area contributed by atoms with Crippen molar-refractivity contribution >= 4 is 22.6 Å². The molecule has 2 N–H and O–H groups in total. The molecule has 1 heterocycles. The molecule has 86 valence electrons. The lowest BCUT2D eigenvalue weighted by Gasteiger charge is -2.09. The minimum absolute atomic E-state index is 0.161. The Morgan fingerprint density at radius 1 is 1.56 bits per heavy atom. The maximum atomic E-state index is 9.54. The first kappa shape index (κ1) is 11.1. The molecule has 4 nitrogen and oxygen atoms in total. The Morgan fingerprint density at radius 3 is 3.12 bits per heavy atom. The molecule has 0 saturated carbocycles. The van der Waals surface area contributed by atoms with E-state index in [0.717, 1.165) is 23.2 Å². The van der Waals surface area contributed by atoms with Crippen molar-refractivity contribution in [2.24, 2.45) is 4.99 Å². The summed E-state index contributed by atoms with van der Waals surface area (Å²) in [6, 6.07) is 5.20. The van der Waals surface area contributed by atoms with Crippen LogP contribution in [0, 0.1) is 0 Å². The summed E-state index contributed by atoms with van der Waals surface area (Å²) >= 11 is 1.70. The number of aromatic hydroxyl groups is 1. The van der Waals surface area contributed by atoms with Crippen LogP contribution in [0.2, 0.25) is 0 Å². The predicted octanol–water partition coefficient (Wildman–Crippen LogP) is 2.31. The van der Waals surface area contributed by atoms with Gasteiger partial charge in [0.1, 0.15) is 0 Å². The van der Waals surface area contributed by atoms with Gasteiger partial charge >= 0.3 is 0 Å². The van der Waals surface area contributed by atoms with Crippen molar-refractivity contribution in [2.75, 3.05) is 24.2 Å². The Hall–Kier alpha value is -1.36. The van der Waals surface area contributed by atoms with Gasteiger partial charge in [0.25, 0.3) is 0 Å². The molecule has 1 aromatic rings. The number of rotatable bonds is 3. The summed E-state index contributed by atoms with van der Waals surface area (Å²) < 4.78 is 5.31. The number of amidine groups is 1. The molecule has 0 bridgehead atoms. The van der Waals surface area contributed by atoms with Crippen LogP contribution in [0.15, 0.2) is 23.2 Å². The van der Waals surface area contributed by atoms with E-state index in [1.807, 2.05) is 6.92 Å². The van der Waals surface area contributed by atoms with Crippen LogP contribution in [0.25, 0.3) is 0 Å². The van der Waals surface area contributed by atoms with E-state index in [2.05, 4.69) is 10.3 Å². The minimum Gasteiger partial charge on any atom is -0.504 e. The fraction of sp³-hybridized carbons (Fsp3) is 0.364. The zero-order valence-corrected chi connectivity index (χ0v) is 9.88. The lowest BCUT2D eigenvalue weighted by atomic mass is 10.3. The fourth-order valence-electron chi connectivity index (χ4n) is 1.40. The molecule has 1 aliphatic rings. The first-order valence-electron chi connectivity index (χ1n) is 5.19. The van der Waals surface area contributed by atoms with Crippen molar-refractivity contribution in [1.82, 2.24) is 0 Å². The molecule has 1 aliphatic heterocycles. The molecule has 0 aromatic heterocycles. The van der Waals surface area contributed by atoms with Gasteiger partial charge in [-0.25, -0.2) is 0 Å². The summed E-state index contributed by atoms with van der Waals surface area (Å²) in [6.07, 6.45) is 0. The van der Waals surface area contributed by atoms with Crippen molar-refractivity contribution in [3.05, 3.63) is 18.2 Å². The average molecular weight is 238 g/mol. The first-order chi connectivity index (χ1) is 7.79. The number of hydrogen-bond acceptors (Lipinski definition) is 5. The molecule has 0 fully saturated rings. The highest BCUT2D eigenvalue weighted by Gasteiger charge is 2.09. The van der Waals surface area contributed by atoms with E-state index in [0.29, 0.717) is 12.4 Å². The molecule has 0 atom stereocenters. The number of hydrogen-bond donors (Lipinski definition) is 2. The number of nitrogens with zero attached hydrogens (tertiary/aromatic N) is 1. The molecule has 0 spiro atoms. The standard InChI is InChI=1S/C11H14N2O2S/c1-2-15-10-7-8(3-4-9(10)14)13-11-12-5-6-16-11/h3-4,7,14H,2,5-6H2,1H3,(H,12,13). The van der Waals surface area contributed by atoms with Gasteiger partial charge in [0.2, 0.25) is 0 Å². The quantitative estimate of drug-likeness (QED) is 0.793. The third-order valence-corrected chi connectivity index (χ3v) is 2.99. The molecule has 0 unspecified atom stereocenters. The Morgan fingerprint density at radius 2 is 2.44 bits per heavy atom. The van der Waals surface area contributed by atoms with E-state index >= 15 is 0 Å². The van der Waals surface area contributed by atoms with Crippen LogP contribution in [-0.2, 0) is 0 Å². The molecule has 1 aromatic carbocycles. The molecule has 0 radical (unpaired) electrons. The third kappa shape index (κ3) is 2.61. The second-order valence-corrected chi connectivity index (χ2v) is 4.36. The zero-order valence-electron chi connectivity index (χ0n) is 9.06. The van der Waals surface area contributed by atoms with E-state index in [1.165, 1.54) is 0 Å². The van der Waals surface area contributed by atoms with Gasteiger partial charge in [0.15, 0.2) is 16.7 Å². The van der Waals surface area contributed by atoms with Crippen molar-refractivity contribution in [3.63, 3.8) is 0 Å². The summed E-state index contributed by atoms with van der Waals surface area (Å²) in [5.41, 5.74) is 0.884. The topological polar surface area (TPSA) is 53.8 Å². The molecule has 2 rings (SSSR count). The van der Waals surface area contributed by atoms with Gasteiger partial charge in [-0.3, -0.25) is 4.99 Å². The Balaban J connectivity index is 2.12. The molecule has 16 heavy (non-hydrogen) atoms. The lowest BCUT2D eigenvalue weighted by molar-refractivity contribution is 0.318. The zero-order chi connectivity index (χ0) is 11.4. The average Bonchev–Trinajstić information content (AvgIpc) is 2.76. The van der Waals surface area contributed by atoms with Crippen LogP contribution in [-0.4, -0.2) is 29.2 Å². The van der Waals surface area contributed by atoms with Crippen molar-refractivity contribution < 1.29 is 9.84 Å². The smallest absolute Gasteiger partial charge is 0.162 e. The van der Waals surface area contributed by atoms with Crippen LogP contribution >= 0.6 is 11.8 Å². The molecular weight excluding hydrogens is 224 g/mol. The van der Waals surface area contributed by atoms with E-state index in [9.17, 15) is 5.11 Å². The summed E-state index contributed by atoms with van der Waals surface area (Å²) in [4.78, 5) is 4.29. The first-order valence-corrected chi connectivity index (χ1v) is 6.18. The van der Waals surface area contributed by atoms with Gasteiger partial charge < -0.3 is 15.2 Å². The van der Waals surface area contributed by atoms with Crippen LogP contribution < -0.4 is 10.1 Å². The second-order valence-electron chi connectivity index (χ2n) is 3.28. The van der Waals surface area contributed by atoms with E-state index in [-0.39, 0.29) is 5.75 Å². The summed E-state index contributed by atoms with van der Waals surface area (Å²) in [5, 5.41) is 13.7. The lowest BCUT2D eigenvalue weighted by Crippen LogP contribution is -2.05. The Kier molecular flexibility index (Phi) is 3.56. The Labute approximate surface area is 98.7 Å². The highest BCUT2D eigenvalue weighted by Crippen LogP contribution is 2.29. The van der Waals surface area contributed by atoms with E-state index in [1.54, 1.807) is 30.0 Å². The van der Waals surface area contributed by atoms with E-state index in [4.69, 9.17) is 4.74 Å². The number of thioether (sulfide) groups is 1. The van der Waals surface area contributed by atoms with Gasteiger partial charge in [-0.2, -0.15) is 0 Å². The molecular formula is C11H14N2O2S. The predicted molar refractivity (Wildman–Crippen MR) is 67.7 cm³/mol. The number of nitrogens with one attached hydrogen (secondary N) is 1. The van der Waals surface area contributed by atoms with Crippen molar-refractivity contribution in [2.45, 2.75) is 6.92 Å². The normalized spacial score (nSPS) is 14.7. The number of phenols is 1. The summed E-state index contributed by atoms with van der Waals surface area (Å²) in [6.45, 7) is 3.28. The van der Waals surface area contributed by atoms with Crippen LogP contribution in [0.3, 0.4) is 0 Å². The fourth-order valence-corrected chi connectivity index (χ4v) is 2.15. The number of benzene rings is 1. The van der Waals surface area contributed by atoms with Crippen LogP contribution in [0.5, 0.6) is 11.5 Å². The maximum absolute atomic E-state index is 9.54. The largest absolute Gasteiger partial charge is 0.504 e. The number of phenolic OH excluding ortho intramolecular Hbond substituents is 1. The minimum atomic E-state index is 0.161. The molecule has 0 saturated heterocycles. The summed E-state index contributed by atoms with van der Waals surface area (Å²) in [7, 11) is 0. The van der Waals surface area contributed by atoms with Gasteiger partial charge in [-0.1, -0.05) is 11.8 Å². The maximum Gasteiger partial charge on any atom is 0.162 e. The highest BCUT2D eigenvalue weighted by atomic mass is 32.2. The number of aliphatic imine (C=N–C) groups is 1. The molecule has 5 heteroatoms. The van der Waals surface area contributed by atoms with Gasteiger partial charge in [-0.05, 0) is 19.1 Å². The van der Waals surface area contributed by atoms with Crippen LogP contribution in [0.1, 0.15) is 6.92 Å². The second kappa shape index (κ2) is 5.12. The van der Waals surface area contributed by atoms with Gasteiger partial charge in [0, 0.05) is 17.5 Å². The highest BCUT2D eigenvalue weighted by molar-refractivity contribution is 8.14. The number of anilines is 1. The van der Waals surface area contributed by atoms with Crippen molar-refractivity contribution in [3.8, 4) is 11.5 Å². The van der Waals surface area contributed by atoms with Gasteiger partial charge in [-0.15, -0.1) is 0 Å². The SMILES string of the molecule is CCOc1cc(NC2=NCCS2)ccc1O. The third-order valence-electron chi connectivity index (χ3n) is 2.10. The number of ether oxygens (including phenoxy) is 1. The van der Waals surface area contributed by atoms with E-state index < -0.39 is 0 Å². The molecule has 0 amide bonds. The molecule has 0 aliphatic carbocycles. The monoisotopic (exact) mass is 238 g/mol. The van der Waals surface area contributed by atoms with Gasteiger partial charge in [0.05, 0.1) is 13.2 Å². The Bertz CT molecular complexity index is 407. The van der Waals surface area contributed by atoms with Crippen molar-refractivity contribution in [1.29, 1.82) is 0 Å². The van der Waals surface area contributed by atoms with Crippen LogP contribution in [0.4, 0.5) is 5.69 Å².